The van der Waals surface area contributed by atoms with Gasteiger partial charge in [0.15, 0.2) is 5.82 Å². The fourth-order valence-electron chi connectivity index (χ4n) is 2.79. The second kappa shape index (κ2) is 8.52. The summed E-state index contributed by atoms with van der Waals surface area (Å²) in [5.74, 6) is 2.07. The summed E-state index contributed by atoms with van der Waals surface area (Å²) in [5, 5.41) is 7.12. The minimum absolute atomic E-state index is 0.186. The van der Waals surface area contributed by atoms with Crippen LogP contribution in [0.1, 0.15) is 17.0 Å². The lowest BCUT2D eigenvalue weighted by Crippen LogP contribution is -2.03. The summed E-state index contributed by atoms with van der Waals surface area (Å²) in [7, 11) is 0. The van der Waals surface area contributed by atoms with Crippen LogP contribution in [0.4, 0.5) is 10.2 Å². The Hall–Kier alpha value is -3.74. The Bertz CT molecular complexity index is 1100. The maximum Gasteiger partial charge on any atom is 0.261 e. The van der Waals surface area contributed by atoms with Crippen LogP contribution in [0.3, 0.4) is 0 Å². The quantitative estimate of drug-likeness (QED) is 0.490. The number of nitrogens with one attached hydrogen (secondary N) is 1. The van der Waals surface area contributed by atoms with E-state index < -0.39 is 0 Å². The van der Waals surface area contributed by atoms with Crippen LogP contribution < -0.4 is 10.1 Å². The highest BCUT2D eigenvalue weighted by Crippen LogP contribution is 2.25. The SMILES string of the molecule is Cc1noc(-c2cccnc2NCc2ccc(OCc3ccccc3F)cc2)n1. The number of nitrogens with zero attached hydrogens (tertiary/aromatic N) is 3. The van der Waals surface area contributed by atoms with E-state index in [4.69, 9.17) is 9.26 Å². The smallest absolute Gasteiger partial charge is 0.261 e. The van der Waals surface area contributed by atoms with E-state index in [1.807, 2.05) is 36.4 Å². The fourth-order valence-corrected chi connectivity index (χ4v) is 2.79. The lowest BCUT2D eigenvalue weighted by Gasteiger charge is -2.10. The van der Waals surface area contributed by atoms with Gasteiger partial charge in [-0.2, -0.15) is 4.98 Å². The molecule has 4 rings (SSSR count). The summed E-state index contributed by atoms with van der Waals surface area (Å²) in [4.78, 5) is 8.63. The number of halogens is 1. The van der Waals surface area contributed by atoms with Gasteiger partial charge in [-0.3, -0.25) is 0 Å². The summed E-state index contributed by atoms with van der Waals surface area (Å²) < 4.78 is 24.6. The van der Waals surface area contributed by atoms with Gasteiger partial charge in [-0.15, -0.1) is 0 Å². The molecule has 0 saturated carbocycles. The van der Waals surface area contributed by atoms with Gasteiger partial charge in [-0.1, -0.05) is 35.5 Å². The number of aromatic nitrogens is 3. The highest BCUT2D eigenvalue weighted by molar-refractivity contribution is 5.68. The van der Waals surface area contributed by atoms with E-state index in [9.17, 15) is 4.39 Å². The molecule has 6 nitrogen and oxygen atoms in total. The first-order chi connectivity index (χ1) is 14.2. The maximum atomic E-state index is 13.7. The maximum absolute atomic E-state index is 13.7. The first kappa shape index (κ1) is 18.6. The second-order valence-corrected chi connectivity index (χ2v) is 6.42. The Morgan fingerprint density at radius 2 is 1.86 bits per heavy atom. The second-order valence-electron chi connectivity index (χ2n) is 6.42. The molecule has 0 aliphatic heterocycles. The zero-order valence-corrected chi connectivity index (χ0v) is 15.8. The number of rotatable bonds is 7. The zero-order valence-electron chi connectivity index (χ0n) is 15.8. The monoisotopic (exact) mass is 390 g/mol. The van der Waals surface area contributed by atoms with Crippen molar-refractivity contribution in [2.75, 3.05) is 5.32 Å². The van der Waals surface area contributed by atoms with Crippen LogP contribution in [0, 0.1) is 12.7 Å². The number of pyridine rings is 1. The fraction of sp³-hybridized carbons (Fsp3) is 0.136. The first-order valence-corrected chi connectivity index (χ1v) is 9.14. The van der Waals surface area contributed by atoms with Crippen molar-refractivity contribution in [2.45, 2.75) is 20.1 Å². The van der Waals surface area contributed by atoms with Crippen molar-refractivity contribution < 1.29 is 13.7 Å². The molecule has 0 bridgehead atoms. The number of hydrogen-bond donors (Lipinski definition) is 1. The molecule has 0 spiro atoms. The van der Waals surface area contributed by atoms with Gasteiger partial charge in [0.25, 0.3) is 5.89 Å². The van der Waals surface area contributed by atoms with Gasteiger partial charge in [-0.25, -0.2) is 9.37 Å². The highest BCUT2D eigenvalue weighted by atomic mass is 19.1. The molecule has 0 fully saturated rings. The van der Waals surface area contributed by atoms with E-state index in [1.54, 1.807) is 31.3 Å². The summed E-state index contributed by atoms with van der Waals surface area (Å²) in [6, 6.07) is 17.9. The minimum atomic E-state index is -0.268. The van der Waals surface area contributed by atoms with Gasteiger partial charge in [0, 0.05) is 18.3 Å². The zero-order chi connectivity index (χ0) is 20.1. The van der Waals surface area contributed by atoms with E-state index in [1.165, 1.54) is 6.07 Å². The number of ether oxygens (including phenoxy) is 1. The van der Waals surface area contributed by atoms with Crippen LogP contribution in [0.15, 0.2) is 71.4 Å². The summed E-state index contributed by atoms with van der Waals surface area (Å²) in [6.07, 6.45) is 1.70. The van der Waals surface area contributed by atoms with E-state index in [-0.39, 0.29) is 12.4 Å². The van der Waals surface area contributed by atoms with Crippen LogP contribution in [0.25, 0.3) is 11.5 Å². The van der Waals surface area contributed by atoms with Crippen LogP contribution in [0.5, 0.6) is 5.75 Å². The van der Waals surface area contributed by atoms with Crippen molar-refractivity contribution in [3.05, 3.63) is 89.6 Å². The molecule has 0 aliphatic rings. The topological polar surface area (TPSA) is 73.1 Å². The molecule has 0 atom stereocenters. The average molecular weight is 390 g/mol. The van der Waals surface area contributed by atoms with Crippen molar-refractivity contribution in [1.82, 2.24) is 15.1 Å². The van der Waals surface area contributed by atoms with Crippen LogP contribution in [-0.2, 0) is 13.2 Å². The van der Waals surface area contributed by atoms with Gasteiger partial charge >= 0.3 is 0 Å². The lowest BCUT2D eigenvalue weighted by atomic mass is 10.2. The van der Waals surface area contributed by atoms with Gasteiger partial charge < -0.3 is 14.6 Å². The third kappa shape index (κ3) is 4.57. The Labute approximate surface area is 167 Å². The molecule has 146 valence electrons. The largest absolute Gasteiger partial charge is 0.489 e. The standard InChI is InChI=1S/C22H19FN4O2/c1-15-26-22(29-27-15)19-6-4-12-24-21(19)25-13-16-8-10-18(11-9-16)28-14-17-5-2-3-7-20(17)23/h2-12H,13-14H2,1H3,(H,24,25). The van der Waals surface area contributed by atoms with Gasteiger partial charge in [0.05, 0.1) is 5.56 Å². The van der Waals surface area contributed by atoms with Gasteiger partial charge in [0.1, 0.15) is 24.0 Å². The molecule has 2 aromatic heterocycles. The van der Waals surface area contributed by atoms with Crippen LogP contribution >= 0.6 is 0 Å². The molecule has 1 N–H and O–H groups in total. The third-order valence-corrected chi connectivity index (χ3v) is 4.30. The Balaban J connectivity index is 1.38. The van der Waals surface area contributed by atoms with Crippen LogP contribution in [0.2, 0.25) is 0 Å². The molecule has 0 saturated heterocycles. The van der Waals surface area contributed by atoms with Crippen molar-refractivity contribution in [2.24, 2.45) is 0 Å². The van der Waals surface area contributed by atoms with Crippen molar-refractivity contribution in [3.8, 4) is 17.2 Å². The third-order valence-electron chi connectivity index (χ3n) is 4.30. The number of aryl methyl sites for hydroxylation is 1. The molecule has 4 aromatic rings. The van der Waals surface area contributed by atoms with Gasteiger partial charge in [0.2, 0.25) is 0 Å². The van der Waals surface area contributed by atoms with E-state index in [0.717, 1.165) is 11.1 Å². The molecular weight excluding hydrogens is 371 g/mol. The van der Waals surface area contributed by atoms with E-state index >= 15 is 0 Å². The summed E-state index contributed by atoms with van der Waals surface area (Å²) in [5.41, 5.74) is 2.32. The van der Waals surface area contributed by atoms with Crippen LogP contribution in [-0.4, -0.2) is 15.1 Å². The normalized spacial score (nSPS) is 10.7. The summed E-state index contributed by atoms with van der Waals surface area (Å²) >= 11 is 0. The van der Waals surface area contributed by atoms with Crippen molar-refractivity contribution >= 4 is 5.82 Å². The predicted molar refractivity (Wildman–Crippen MR) is 107 cm³/mol. The number of benzene rings is 2. The Kier molecular flexibility index (Phi) is 5.47. The molecular formula is C22H19FN4O2. The molecule has 0 amide bonds. The van der Waals surface area contributed by atoms with E-state index in [0.29, 0.717) is 35.4 Å². The molecule has 0 unspecified atom stereocenters. The van der Waals surface area contributed by atoms with E-state index in [2.05, 4.69) is 20.4 Å². The molecule has 2 aromatic carbocycles. The highest BCUT2D eigenvalue weighted by Gasteiger charge is 2.12. The van der Waals surface area contributed by atoms with Crippen molar-refractivity contribution in [1.29, 1.82) is 0 Å². The lowest BCUT2D eigenvalue weighted by molar-refractivity contribution is 0.300. The minimum Gasteiger partial charge on any atom is -0.489 e. The number of anilines is 1. The molecule has 2 heterocycles. The molecule has 7 heteroatoms. The van der Waals surface area contributed by atoms with Crippen molar-refractivity contribution in [3.63, 3.8) is 0 Å². The molecule has 29 heavy (non-hydrogen) atoms. The summed E-state index contributed by atoms with van der Waals surface area (Å²) in [6.45, 7) is 2.52. The Morgan fingerprint density at radius 1 is 1.03 bits per heavy atom. The predicted octanol–water partition coefficient (Wildman–Crippen LogP) is 4.77. The average Bonchev–Trinajstić information content (AvgIpc) is 3.19. The Morgan fingerprint density at radius 3 is 2.62 bits per heavy atom. The molecule has 0 radical (unpaired) electrons. The number of hydrogen-bond acceptors (Lipinski definition) is 6. The first-order valence-electron chi connectivity index (χ1n) is 9.14. The molecule has 0 aliphatic carbocycles. The van der Waals surface area contributed by atoms with Gasteiger partial charge in [-0.05, 0) is 42.8 Å².